The average Bonchev–Trinajstić information content (AvgIpc) is 2.20. The second-order valence-corrected chi connectivity index (χ2v) is 3.90. The Kier molecular flexibility index (Phi) is 7.13. The number of rotatable bonds is 7. The highest BCUT2D eigenvalue weighted by Gasteiger charge is 2.30. The molecule has 3 N–H and O–H groups in total. The van der Waals surface area contributed by atoms with Crippen molar-refractivity contribution in [2.75, 3.05) is 6.54 Å². The minimum absolute atomic E-state index is 0.272. The van der Waals surface area contributed by atoms with Gasteiger partial charge in [-0.3, -0.25) is 14.5 Å². The lowest BCUT2D eigenvalue weighted by Gasteiger charge is -2.24. The number of carbonyl (C=O) groups excluding carboxylic acids is 2. The highest BCUT2D eigenvalue weighted by atomic mass is 16.4. The number of carbonyl (C=O) groups is 3. The fraction of sp³-hybridized carbons (Fsp3) is 0.727. The number of unbranched alkanes of at least 4 members (excludes halogenated alkanes) is 2. The molecule has 0 unspecified atom stereocenters. The molecule has 0 radical (unpaired) electrons. The number of imide groups is 1. The van der Waals surface area contributed by atoms with Crippen molar-refractivity contribution in [2.45, 2.75) is 45.6 Å². The van der Waals surface area contributed by atoms with Gasteiger partial charge in [0, 0.05) is 13.8 Å². The first-order valence-corrected chi connectivity index (χ1v) is 5.65. The summed E-state index contributed by atoms with van der Waals surface area (Å²) >= 11 is 0. The Bertz CT molecular complexity index is 277. The van der Waals surface area contributed by atoms with Gasteiger partial charge in [-0.2, -0.15) is 0 Å². The number of hydrogen-bond donors (Lipinski definition) is 2. The van der Waals surface area contributed by atoms with Crippen LogP contribution in [0.2, 0.25) is 0 Å². The first-order valence-electron chi connectivity index (χ1n) is 5.65. The molecule has 2 amide bonds. The Labute approximate surface area is 101 Å². The van der Waals surface area contributed by atoms with Crippen LogP contribution in [0, 0.1) is 0 Å². The quantitative estimate of drug-likeness (QED) is 0.629. The fourth-order valence-electron chi connectivity index (χ4n) is 1.68. The van der Waals surface area contributed by atoms with Crippen LogP contribution in [-0.4, -0.2) is 40.4 Å². The van der Waals surface area contributed by atoms with Gasteiger partial charge in [0.05, 0.1) is 0 Å². The van der Waals surface area contributed by atoms with Crippen molar-refractivity contribution in [1.29, 1.82) is 0 Å². The van der Waals surface area contributed by atoms with Gasteiger partial charge in [-0.1, -0.05) is 12.8 Å². The molecule has 98 valence electrons. The monoisotopic (exact) mass is 244 g/mol. The SMILES string of the molecule is CC(=O)N(C(C)=O)[C@@H](CCCCCN)C(=O)O. The second-order valence-electron chi connectivity index (χ2n) is 3.90. The van der Waals surface area contributed by atoms with Crippen molar-refractivity contribution < 1.29 is 19.5 Å². The third-order valence-corrected chi connectivity index (χ3v) is 2.46. The molecule has 0 rings (SSSR count). The molecule has 0 aliphatic carbocycles. The minimum atomic E-state index is -1.15. The number of hydrogen-bond acceptors (Lipinski definition) is 4. The molecule has 1 atom stereocenters. The summed E-state index contributed by atoms with van der Waals surface area (Å²) in [6.45, 7) is 2.94. The molecule has 0 fully saturated rings. The summed E-state index contributed by atoms with van der Waals surface area (Å²) in [4.78, 5) is 34.3. The third kappa shape index (κ3) is 5.44. The highest BCUT2D eigenvalue weighted by Crippen LogP contribution is 2.11. The summed E-state index contributed by atoms with van der Waals surface area (Å²) in [5.74, 6) is -2.23. The number of carboxylic acid groups (broad SMARTS) is 1. The molecular weight excluding hydrogens is 224 g/mol. The predicted octanol–water partition coefficient (Wildman–Crippen LogP) is 0.354. The molecule has 6 heteroatoms. The van der Waals surface area contributed by atoms with Crippen LogP contribution >= 0.6 is 0 Å². The molecule has 0 aromatic heterocycles. The highest BCUT2D eigenvalue weighted by molar-refractivity contribution is 5.97. The third-order valence-electron chi connectivity index (χ3n) is 2.46. The normalized spacial score (nSPS) is 11.9. The van der Waals surface area contributed by atoms with E-state index in [0.717, 1.165) is 17.7 Å². The molecule has 0 saturated carbocycles. The summed E-state index contributed by atoms with van der Waals surface area (Å²) in [6, 6.07) is -1.07. The molecule has 0 aromatic rings. The van der Waals surface area contributed by atoms with Gasteiger partial charge in [0.2, 0.25) is 11.8 Å². The van der Waals surface area contributed by atoms with Crippen molar-refractivity contribution in [3.05, 3.63) is 0 Å². The first kappa shape index (κ1) is 15.6. The van der Waals surface area contributed by atoms with E-state index in [1.165, 1.54) is 13.8 Å². The van der Waals surface area contributed by atoms with Crippen molar-refractivity contribution >= 4 is 17.8 Å². The zero-order valence-electron chi connectivity index (χ0n) is 10.3. The van der Waals surface area contributed by atoms with E-state index >= 15 is 0 Å². The van der Waals surface area contributed by atoms with Crippen LogP contribution in [0.4, 0.5) is 0 Å². The van der Waals surface area contributed by atoms with Crippen LogP contribution in [0.1, 0.15) is 39.5 Å². The van der Waals surface area contributed by atoms with Crippen LogP contribution in [0.3, 0.4) is 0 Å². The number of nitrogens with two attached hydrogens (primary N) is 1. The summed E-state index contributed by atoms with van der Waals surface area (Å²) in [6.07, 6.45) is 2.51. The Hall–Kier alpha value is -1.43. The van der Waals surface area contributed by atoms with Crippen LogP contribution in [0.15, 0.2) is 0 Å². The van der Waals surface area contributed by atoms with Crippen LogP contribution < -0.4 is 5.73 Å². The number of carboxylic acids is 1. The topological polar surface area (TPSA) is 101 Å². The van der Waals surface area contributed by atoms with E-state index in [1.807, 2.05) is 0 Å². The Balaban J connectivity index is 4.53. The number of nitrogens with zero attached hydrogens (tertiary/aromatic N) is 1. The maximum atomic E-state index is 11.2. The Morgan fingerprint density at radius 2 is 1.65 bits per heavy atom. The van der Waals surface area contributed by atoms with E-state index in [1.54, 1.807) is 0 Å². The van der Waals surface area contributed by atoms with E-state index in [0.29, 0.717) is 13.0 Å². The molecular formula is C11H20N2O4. The Morgan fingerprint density at radius 3 is 2.00 bits per heavy atom. The summed E-state index contributed by atoms with van der Waals surface area (Å²) in [5, 5.41) is 9.03. The molecule has 0 aliphatic rings. The first-order chi connectivity index (χ1) is 7.91. The van der Waals surface area contributed by atoms with E-state index in [4.69, 9.17) is 10.8 Å². The molecule has 0 heterocycles. The van der Waals surface area contributed by atoms with Gasteiger partial charge in [0.15, 0.2) is 0 Å². The summed E-state index contributed by atoms with van der Waals surface area (Å²) < 4.78 is 0. The largest absolute Gasteiger partial charge is 0.480 e. The van der Waals surface area contributed by atoms with Gasteiger partial charge in [-0.05, 0) is 19.4 Å². The molecule has 6 nitrogen and oxygen atoms in total. The minimum Gasteiger partial charge on any atom is -0.480 e. The zero-order chi connectivity index (χ0) is 13.4. The van der Waals surface area contributed by atoms with Crippen molar-refractivity contribution in [1.82, 2.24) is 4.90 Å². The molecule has 0 aromatic carbocycles. The van der Waals surface area contributed by atoms with E-state index in [2.05, 4.69) is 0 Å². The number of amides is 2. The molecule has 0 spiro atoms. The van der Waals surface area contributed by atoms with E-state index in [-0.39, 0.29) is 6.42 Å². The van der Waals surface area contributed by atoms with Crippen LogP contribution in [0.5, 0.6) is 0 Å². The zero-order valence-corrected chi connectivity index (χ0v) is 10.3. The Morgan fingerprint density at radius 1 is 1.12 bits per heavy atom. The fourth-order valence-corrected chi connectivity index (χ4v) is 1.68. The lowest BCUT2D eigenvalue weighted by molar-refractivity contribution is -0.156. The molecule has 17 heavy (non-hydrogen) atoms. The van der Waals surface area contributed by atoms with E-state index < -0.39 is 23.8 Å². The van der Waals surface area contributed by atoms with Crippen LogP contribution in [-0.2, 0) is 14.4 Å². The maximum absolute atomic E-state index is 11.2. The lowest BCUT2D eigenvalue weighted by atomic mass is 10.1. The molecule has 0 bridgehead atoms. The van der Waals surface area contributed by atoms with Crippen molar-refractivity contribution in [3.63, 3.8) is 0 Å². The predicted molar refractivity (Wildman–Crippen MR) is 62.1 cm³/mol. The smallest absolute Gasteiger partial charge is 0.326 e. The molecule has 0 saturated heterocycles. The van der Waals surface area contributed by atoms with Gasteiger partial charge < -0.3 is 10.8 Å². The summed E-state index contributed by atoms with van der Waals surface area (Å²) in [7, 11) is 0. The number of aliphatic carboxylic acids is 1. The maximum Gasteiger partial charge on any atom is 0.326 e. The molecule has 0 aliphatic heterocycles. The van der Waals surface area contributed by atoms with Gasteiger partial charge >= 0.3 is 5.97 Å². The van der Waals surface area contributed by atoms with Crippen molar-refractivity contribution in [2.24, 2.45) is 5.73 Å². The standard InChI is InChI=1S/C11H20N2O4/c1-8(14)13(9(2)15)10(11(16)17)6-4-3-5-7-12/h10H,3-7,12H2,1-2H3,(H,16,17)/t10-/m0/s1. The van der Waals surface area contributed by atoms with Crippen LogP contribution in [0.25, 0.3) is 0 Å². The van der Waals surface area contributed by atoms with Gasteiger partial charge in [0.1, 0.15) is 6.04 Å². The van der Waals surface area contributed by atoms with Crippen molar-refractivity contribution in [3.8, 4) is 0 Å². The summed E-state index contributed by atoms with van der Waals surface area (Å²) in [5.41, 5.74) is 5.33. The van der Waals surface area contributed by atoms with Gasteiger partial charge in [-0.25, -0.2) is 4.79 Å². The average molecular weight is 244 g/mol. The van der Waals surface area contributed by atoms with Gasteiger partial charge in [0.25, 0.3) is 0 Å². The second kappa shape index (κ2) is 7.78. The van der Waals surface area contributed by atoms with E-state index in [9.17, 15) is 14.4 Å². The van der Waals surface area contributed by atoms with Gasteiger partial charge in [-0.15, -0.1) is 0 Å². The lowest BCUT2D eigenvalue weighted by Crippen LogP contribution is -2.46.